The van der Waals surface area contributed by atoms with E-state index in [2.05, 4.69) is 4.98 Å². The third kappa shape index (κ3) is 3.16. The fourth-order valence-corrected chi connectivity index (χ4v) is 10.3. The summed E-state index contributed by atoms with van der Waals surface area (Å²) in [5.74, 6) is 0.767. The van der Waals surface area contributed by atoms with Gasteiger partial charge in [0.25, 0.3) is 0 Å². The number of hydrogen-bond acceptors (Lipinski definition) is 7. The van der Waals surface area contributed by atoms with Crippen molar-refractivity contribution in [3.8, 4) is 11.5 Å². The van der Waals surface area contributed by atoms with E-state index in [0.29, 0.717) is 17.2 Å². The summed E-state index contributed by atoms with van der Waals surface area (Å²) in [6.45, 7) is 1.99. The highest BCUT2D eigenvalue weighted by Gasteiger charge is 2.69. The maximum absolute atomic E-state index is 13.8. The quantitative estimate of drug-likeness (QED) is 0.498. The van der Waals surface area contributed by atoms with Gasteiger partial charge in [0.2, 0.25) is 11.8 Å². The van der Waals surface area contributed by atoms with Crippen LogP contribution in [-0.4, -0.2) is 36.3 Å². The molecule has 1 aromatic heterocycles. The largest absolute Gasteiger partial charge is 0.493 e. The second-order valence-corrected chi connectivity index (χ2v) is 12.6. The van der Waals surface area contributed by atoms with Crippen LogP contribution in [-0.2, 0) is 9.59 Å². The van der Waals surface area contributed by atoms with Crippen LogP contribution in [0.4, 0.5) is 5.69 Å². The van der Waals surface area contributed by atoms with Gasteiger partial charge in [-0.3, -0.25) is 19.3 Å². The fourth-order valence-electron chi connectivity index (χ4n) is 7.38. The van der Waals surface area contributed by atoms with Gasteiger partial charge < -0.3 is 14.5 Å². The monoisotopic (exact) mass is 534 g/mol. The van der Waals surface area contributed by atoms with Crippen molar-refractivity contribution in [3.63, 3.8) is 0 Å². The van der Waals surface area contributed by atoms with Gasteiger partial charge in [0.15, 0.2) is 11.5 Å². The van der Waals surface area contributed by atoms with Crippen LogP contribution in [0.3, 0.4) is 0 Å². The molecule has 2 saturated carbocycles. The second kappa shape index (κ2) is 8.23. The van der Waals surface area contributed by atoms with Crippen LogP contribution in [0.15, 0.2) is 52.3 Å². The summed E-state index contributed by atoms with van der Waals surface area (Å²) in [7, 11) is 3.23. The molecule has 3 aromatic rings. The van der Waals surface area contributed by atoms with Crippen molar-refractivity contribution in [1.82, 2.24) is 4.98 Å². The Morgan fingerprint density at radius 3 is 2.32 bits per heavy atom. The first-order chi connectivity index (χ1) is 17.9. The number of methoxy groups -OCH3 is 2. The number of thioether (sulfide) groups is 1. The number of nitrogens with zero attached hydrogens (tertiary/aromatic N) is 1. The van der Waals surface area contributed by atoms with Crippen molar-refractivity contribution in [1.29, 1.82) is 0 Å². The van der Waals surface area contributed by atoms with Gasteiger partial charge in [-0.1, -0.05) is 35.1 Å². The molecule has 7 nitrogen and oxygen atoms in total. The standard InChI is InChI=1S/C28H26N2O5S2/c1-12-4-7-14(8-5-12)30-26(31)21-15-11-16(22(21)27(30)32)23-20(15)19(24-25(36-23)29-28(33)37-24)13-6-9-17(34-2)18(10-13)35-3/h4-10,15-16,19-23H,11H2,1-3H3,(H,29,33)/t15-,16+,19+,20+,21-,22+,23-/m1/s1. The fraction of sp³-hybridized carbons (Fsp3) is 0.393. The summed E-state index contributed by atoms with van der Waals surface area (Å²) in [5, 5.41) is 1.05. The molecule has 2 bridgehead atoms. The van der Waals surface area contributed by atoms with Gasteiger partial charge in [0.05, 0.1) is 36.8 Å². The minimum Gasteiger partial charge on any atom is -0.493 e. The lowest BCUT2D eigenvalue weighted by Crippen LogP contribution is -2.42. The van der Waals surface area contributed by atoms with Gasteiger partial charge in [-0.05, 0) is 60.9 Å². The molecule has 3 fully saturated rings. The van der Waals surface area contributed by atoms with Crippen LogP contribution in [0.1, 0.15) is 28.3 Å². The number of imide groups is 1. The molecule has 9 heteroatoms. The van der Waals surface area contributed by atoms with Gasteiger partial charge in [-0.15, -0.1) is 11.8 Å². The summed E-state index contributed by atoms with van der Waals surface area (Å²) >= 11 is 2.95. The van der Waals surface area contributed by atoms with Crippen LogP contribution in [0.5, 0.6) is 11.5 Å². The molecule has 7 atom stereocenters. The minimum atomic E-state index is -0.319. The highest BCUT2D eigenvalue weighted by molar-refractivity contribution is 8.00. The number of carbonyl (C=O) groups excluding carboxylic acids is 2. The molecule has 0 unspecified atom stereocenters. The number of aryl methyl sites for hydroxylation is 1. The Morgan fingerprint density at radius 2 is 1.62 bits per heavy atom. The SMILES string of the molecule is COc1ccc([C@@H]2c3sc(=O)[nH]c3S[C@@H]3[C@H]4C[C@@H]([C@H]5C(=O)N(c6ccc(C)cc6)C(=O)[C@@H]45)[C@@H]23)cc1OC. The second-order valence-electron chi connectivity index (χ2n) is 10.4. The highest BCUT2D eigenvalue weighted by atomic mass is 32.2. The number of thiazole rings is 1. The average Bonchev–Trinajstić information content (AvgIpc) is 3.63. The van der Waals surface area contributed by atoms with E-state index in [4.69, 9.17) is 9.47 Å². The van der Waals surface area contributed by atoms with Crippen molar-refractivity contribution < 1.29 is 19.1 Å². The first-order valence-electron chi connectivity index (χ1n) is 12.5. The summed E-state index contributed by atoms with van der Waals surface area (Å²) < 4.78 is 11.1. The van der Waals surface area contributed by atoms with Crippen LogP contribution in [0.25, 0.3) is 0 Å². The first-order valence-corrected chi connectivity index (χ1v) is 14.2. The predicted octanol–water partition coefficient (Wildman–Crippen LogP) is 4.44. The molecule has 2 aromatic carbocycles. The number of anilines is 1. The molecule has 3 heterocycles. The summed E-state index contributed by atoms with van der Waals surface area (Å²) in [5.41, 5.74) is 2.79. The topological polar surface area (TPSA) is 88.7 Å². The van der Waals surface area contributed by atoms with Gasteiger partial charge in [-0.25, -0.2) is 0 Å². The average molecular weight is 535 g/mol. The number of aromatic amines is 1. The normalized spacial score (nSPS) is 31.3. The lowest BCUT2D eigenvalue weighted by atomic mass is 9.68. The number of nitrogens with one attached hydrogen (secondary N) is 1. The Bertz CT molecular complexity index is 1490. The predicted molar refractivity (Wildman–Crippen MR) is 142 cm³/mol. The zero-order chi connectivity index (χ0) is 25.6. The zero-order valence-electron chi connectivity index (χ0n) is 20.6. The van der Waals surface area contributed by atoms with Crippen LogP contribution in [0.2, 0.25) is 0 Å². The molecule has 190 valence electrons. The number of fused-ring (bicyclic) bond motifs is 9. The van der Waals surface area contributed by atoms with Crippen molar-refractivity contribution in [2.45, 2.75) is 29.5 Å². The molecule has 37 heavy (non-hydrogen) atoms. The lowest BCUT2D eigenvalue weighted by Gasteiger charge is -2.43. The van der Waals surface area contributed by atoms with Crippen molar-refractivity contribution in [3.05, 3.63) is 68.1 Å². The Balaban J connectivity index is 1.32. The van der Waals surface area contributed by atoms with Crippen LogP contribution < -0.4 is 19.2 Å². The lowest BCUT2D eigenvalue weighted by molar-refractivity contribution is -0.123. The molecular formula is C28H26N2O5S2. The Hall–Kier alpha value is -3.04. The van der Waals surface area contributed by atoms with E-state index in [1.54, 1.807) is 26.0 Å². The van der Waals surface area contributed by atoms with Crippen LogP contribution in [0, 0.1) is 36.5 Å². The van der Waals surface area contributed by atoms with E-state index in [0.717, 1.165) is 27.5 Å². The third-order valence-electron chi connectivity index (χ3n) is 8.78. The van der Waals surface area contributed by atoms with Gasteiger partial charge in [0, 0.05) is 16.0 Å². The van der Waals surface area contributed by atoms with Gasteiger partial charge in [-0.2, -0.15) is 0 Å². The van der Waals surface area contributed by atoms with Gasteiger partial charge in [0.1, 0.15) is 0 Å². The molecule has 2 amide bonds. The van der Waals surface area contributed by atoms with E-state index in [-0.39, 0.29) is 57.4 Å². The van der Waals surface area contributed by atoms with Crippen molar-refractivity contribution >= 4 is 40.6 Å². The molecular weight excluding hydrogens is 508 g/mol. The highest BCUT2D eigenvalue weighted by Crippen LogP contribution is 2.68. The molecule has 0 spiro atoms. The summed E-state index contributed by atoms with van der Waals surface area (Å²) in [4.78, 5) is 45.4. The van der Waals surface area contributed by atoms with Gasteiger partial charge >= 0.3 is 4.87 Å². The molecule has 4 aliphatic rings. The number of benzene rings is 2. The van der Waals surface area contributed by atoms with E-state index in [9.17, 15) is 14.4 Å². The number of aromatic nitrogens is 1. The number of ether oxygens (including phenoxy) is 2. The van der Waals surface area contributed by atoms with E-state index >= 15 is 0 Å². The Morgan fingerprint density at radius 1 is 0.919 bits per heavy atom. The van der Waals surface area contributed by atoms with Crippen molar-refractivity contribution in [2.24, 2.45) is 29.6 Å². The Labute approximate surface area is 222 Å². The zero-order valence-corrected chi connectivity index (χ0v) is 22.2. The minimum absolute atomic E-state index is 0.0581. The van der Waals surface area contributed by atoms with Crippen LogP contribution >= 0.6 is 23.1 Å². The molecule has 1 N–H and O–H groups in total. The summed E-state index contributed by atoms with van der Waals surface area (Å²) in [6.07, 6.45) is 0.861. The maximum Gasteiger partial charge on any atom is 0.305 e. The first kappa shape index (κ1) is 23.1. The van der Waals surface area contributed by atoms with Crippen molar-refractivity contribution in [2.75, 3.05) is 19.1 Å². The maximum atomic E-state index is 13.8. The smallest absolute Gasteiger partial charge is 0.305 e. The number of carbonyl (C=O) groups is 2. The number of hydrogen-bond donors (Lipinski definition) is 1. The Kier molecular flexibility index (Phi) is 5.14. The number of H-pyrrole nitrogens is 1. The van der Waals surface area contributed by atoms with E-state index < -0.39 is 0 Å². The molecule has 2 aliphatic carbocycles. The van der Waals surface area contributed by atoms with E-state index in [1.165, 1.54) is 16.2 Å². The summed E-state index contributed by atoms with van der Waals surface area (Å²) in [6, 6.07) is 13.5. The number of amides is 2. The molecule has 2 aliphatic heterocycles. The molecule has 1 saturated heterocycles. The molecule has 0 radical (unpaired) electrons. The number of rotatable bonds is 4. The third-order valence-corrected chi connectivity index (χ3v) is 11.4. The van der Waals surface area contributed by atoms with E-state index in [1.807, 2.05) is 49.4 Å². The molecule has 7 rings (SSSR count).